The van der Waals surface area contributed by atoms with Crippen LogP contribution < -0.4 is 0 Å². The molecule has 238 valence electrons. The van der Waals surface area contributed by atoms with Crippen LogP contribution in [-0.4, -0.2) is 186 Å². The molecule has 0 aromatic heterocycles. The highest BCUT2D eigenvalue weighted by atomic mass is 32.2. The average molecular weight is 612 g/mol. The van der Waals surface area contributed by atoms with Gasteiger partial charge >= 0.3 is 17.9 Å². The molecule has 2 aliphatic rings. The van der Waals surface area contributed by atoms with Gasteiger partial charge in [-0.15, -0.1) is 0 Å². The minimum atomic E-state index is -3.76. The second-order valence-corrected chi connectivity index (χ2v) is 12.9. The molecule has 2 aliphatic heterocycles. The fourth-order valence-corrected chi connectivity index (χ4v) is 5.95. The van der Waals surface area contributed by atoms with E-state index in [-0.39, 0.29) is 84.4 Å². The largest absolute Gasteiger partial charge is 0.480 e. The number of carboxylic acids is 3. The van der Waals surface area contributed by atoms with Crippen molar-refractivity contribution in [3.63, 3.8) is 0 Å². The van der Waals surface area contributed by atoms with E-state index in [4.69, 9.17) is 9.47 Å². The van der Waals surface area contributed by atoms with Crippen LogP contribution in [0.25, 0.3) is 0 Å². The van der Waals surface area contributed by atoms with E-state index in [0.717, 1.165) is 4.31 Å². The molecule has 0 radical (unpaired) electrons. The molecule has 0 bridgehead atoms. The maximum Gasteiger partial charge on any atom is 0.317 e. The molecule has 0 aliphatic carbocycles. The Labute approximate surface area is 241 Å². The fraction of sp³-hybridized carbons (Fsp3) is 0.875. The second kappa shape index (κ2) is 16.0. The summed E-state index contributed by atoms with van der Waals surface area (Å²) in [6.07, 6.45) is -2.04. The van der Waals surface area contributed by atoms with Crippen molar-refractivity contribution in [3.05, 3.63) is 0 Å². The molecular weight excluding hydrogens is 566 g/mol. The molecule has 2 heterocycles. The number of aliphatic carboxylic acids is 3. The van der Waals surface area contributed by atoms with E-state index < -0.39 is 46.1 Å². The number of β-amino-alcohol motifs (C(OH)–C–C–N with tert-alkyl or cyclic N) is 1. The molecule has 16 nitrogen and oxygen atoms in total. The normalized spacial score (nSPS) is 23.6. The molecule has 2 saturated heterocycles. The van der Waals surface area contributed by atoms with Gasteiger partial charge in [0.2, 0.25) is 10.0 Å². The summed E-state index contributed by atoms with van der Waals surface area (Å²) in [6, 6.07) is 0. The van der Waals surface area contributed by atoms with Gasteiger partial charge in [0.1, 0.15) is 0 Å². The van der Waals surface area contributed by atoms with Crippen molar-refractivity contribution in [2.45, 2.75) is 38.9 Å². The maximum atomic E-state index is 12.9. The monoisotopic (exact) mass is 611 g/mol. The van der Waals surface area contributed by atoms with E-state index in [1.54, 1.807) is 28.5 Å². The number of nitrogens with zero attached hydrogens (tertiary/aromatic N) is 5. The molecule has 4 N–H and O–H groups in total. The number of ether oxygens (including phenoxy) is 2. The lowest BCUT2D eigenvalue weighted by molar-refractivity contribution is -0.152. The molecule has 17 heteroatoms. The van der Waals surface area contributed by atoms with Crippen LogP contribution in [0.15, 0.2) is 0 Å². The molecule has 0 spiro atoms. The highest BCUT2D eigenvalue weighted by molar-refractivity contribution is 7.89. The van der Waals surface area contributed by atoms with Crippen LogP contribution in [0.4, 0.5) is 0 Å². The molecule has 2 unspecified atom stereocenters. The topological polar surface area (TPSA) is 201 Å². The number of carbonyl (C=O) groups is 3. The van der Waals surface area contributed by atoms with E-state index in [2.05, 4.69) is 0 Å². The zero-order chi connectivity index (χ0) is 30.8. The first-order valence-electron chi connectivity index (χ1n) is 13.6. The number of aliphatic hydroxyl groups is 1. The fourth-order valence-electron chi connectivity index (χ4n) is 4.76. The lowest BCUT2D eigenvalue weighted by atomic mass is 10.2. The summed E-state index contributed by atoms with van der Waals surface area (Å²) in [5.41, 5.74) is 0. The predicted octanol–water partition coefficient (Wildman–Crippen LogP) is -2.42. The van der Waals surface area contributed by atoms with Crippen LogP contribution in [-0.2, 0) is 33.9 Å². The van der Waals surface area contributed by atoms with Gasteiger partial charge in [0, 0.05) is 65.4 Å². The molecule has 0 saturated carbocycles. The Morgan fingerprint density at radius 3 is 1.54 bits per heavy atom. The third kappa shape index (κ3) is 12.8. The predicted molar refractivity (Wildman–Crippen MR) is 146 cm³/mol. The Kier molecular flexibility index (Phi) is 13.8. The molecule has 2 fully saturated rings. The van der Waals surface area contributed by atoms with Crippen molar-refractivity contribution in [3.8, 4) is 0 Å². The van der Waals surface area contributed by atoms with Gasteiger partial charge in [-0.1, -0.05) is 0 Å². The SMILES string of the molecule is CCS(=O)(=O)N(CC(O)CN1CCN(CC(=O)O)CCN(CC(=O)O)CCN(CC(=O)O)CC1)C1COC(C)(C)O1. The molecule has 2 atom stereocenters. The van der Waals surface area contributed by atoms with Crippen molar-refractivity contribution >= 4 is 27.9 Å². The first kappa shape index (κ1) is 35.2. The van der Waals surface area contributed by atoms with Crippen LogP contribution in [0.1, 0.15) is 20.8 Å². The summed E-state index contributed by atoms with van der Waals surface area (Å²) >= 11 is 0. The summed E-state index contributed by atoms with van der Waals surface area (Å²) in [5.74, 6) is -4.29. The summed E-state index contributed by atoms with van der Waals surface area (Å²) in [7, 11) is -3.76. The Bertz CT molecular complexity index is 951. The Morgan fingerprint density at radius 1 is 0.829 bits per heavy atom. The first-order valence-corrected chi connectivity index (χ1v) is 15.2. The van der Waals surface area contributed by atoms with Gasteiger partial charge in [0.25, 0.3) is 0 Å². The summed E-state index contributed by atoms with van der Waals surface area (Å²) in [5, 5.41) is 39.1. The van der Waals surface area contributed by atoms with Crippen molar-refractivity contribution in [1.82, 2.24) is 23.9 Å². The van der Waals surface area contributed by atoms with E-state index in [1.807, 2.05) is 4.90 Å². The minimum absolute atomic E-state index is 0.00978. The number of hydrogen-bond donors (Lipinski definition) is 4. The van der Waals surface area contributed by atoms with Crippen LogP contribution >= 0.6 is 0 Å². The Balaban J connectivity index is 2.19. The average Bonchev–Trinajstić information content (AvgIpc) is 3.22. The molecule has 0 amide bonds. The van der Waals surface area contributed by atoms with Crippen molar-refractivity contribution < 1.29 is 52.7 Å². The summed E-state index contributed by atoms with van der Waals surface area (Å²) in [6.45, 7) is 6.11. The van der Waals surface area contributed by atoms with Crippen LogP contribution in [0, 0.1) is 0 Å². The lowest BCUT2D eigenvalue weighted by Gasteiger charge is -2.34. The van der Waals surface area contributed by atoms with Gasteiger partial charge in [-0.05, 0) is 20.8 Å². The number of hydrogen-bond acceptors (Lipinski definition) is 12. The highest BCUT2D eigenvalue weighted by Crippen LogP contribution is 2.26. The van der Waals surface area contributed by atoms with Crippen molar-refractivity contribution in [2.24, 2.45) is 0 Å². The van der Waals surface area contributed by atoms with Crippen LogP contribution in [0.2, 0.25) is 0 Å². The van der Waals surface area contributed by atoms with Crippen LogP contribution in [0.5, 0.6) is 0 Å². The van der Waals surface area contributed by atoms with E-state index in [0.29, 0.717) is 13.1 Å². The number of aliphatic hydroxyl groups excluding tert-OH is 1. The lowest BCUT2D eigenvalue weighted by Crippen LogP contribution is -2.52. The first-order chi connectivity index (χ1) is 19.1. The van der Waals surface area contributed by atoms with Gasteiger partial charge < -0.3 is 29.9 Å². The third-order valence-corrected chi connectivity index (χ3v) is 8.73. The number of rotatable bonds is 13. The quantitative estimate of drug-likeness (QED) is 0.171. The summed E-state index contributed by atoms with van der Waals surface area (Å²) in [4.78, 5) is 41.1. The minimum Gasteiger partial charge on any atom is -0.480 e. The second-order valence-electron chi connectivity index (χ2n) is 10.7. The van der Waals surface area contributed by atoms with Gasteiger partial charge in [0.15, 0.2) is 12.0 Å². The van der Waals surface area contributed by atoms with Crippen molar-refractivity contribution in [1.29, 1.82) is 0 Å². The van der Waals surface area contributed by atoms with Gasteiger partial charge in [0.05, 0.1) is 38.1 Å². The van der Waals surface area contributed by atoms with Crippen LogP contribution in [0.3, 0.4) is 0 Å². The standard InChI is InChI=1S/C24H45N5O11S/c1-4-41(37,38)29(20-18-39-24(2,3)40-20)14-19(30)13-25-5-7-26(15-21(31)32)9-11-28(17-23(35)36)12-10-27(8-6-25)16-22(33)34/h19-20,30H,4-18H2,1-3H3,(H,31,32)(H,33,34)(H,35,36). The van der Waals surface area contributed by atoms with E-state index in [9.17, 15) is 43.2 Å². The molecule has 0 aromatic carbocycles. The van der Waals surface area contributed by atoms with Gasteiger partial charge in [-0.3, -0.25) is 34.0 Å². The van der Waals surface area contributed by atoms with E-state index in [1.165, 1.54) is 6.92 Å². The Morgan fingerprint density at radius 2 is 1.22 bits per heavy atom. The zero-order valence-electron chi connectivity index (χ0n) is 24.1. The summed E-state index contributed by atoms with van der Waals surface area (Å²) < 4.78 is 38.1. The van der Waals surface area contributed by atoms with Gasteiger partial charge in [-0.25, -0.2) is 8.42 Å². The van der Waals surface area contributed by atoms with E-state index >= 15 is 0 Å². The molecule has 41 heavy (non-hydrogen) atoms. The van der Waals surface area contributed by atoms with Gasteiger partial charge in [-0.2, -0.15) is 4.31 Å². The molecule has 0 aromatic rings. The highest BCUT2D eigenvalue weighted by Gasteiger charge is 2.41. The third-order valence-electron chi connectivity index (χ3n) is 6.90. The Hall–Kier alpha value is -1.96. The zero-order valence-corrected chi connectivity index (χ0v) is 24.9. The smallest absolute Gasteiger partial charge is 0.317 e. The molecular formula is C24H45N5O11S. The number of carboxylic acid groups (broad SMARTS) is 3. The maximum absolute atomic E-state index is 12.9. The number of sulfonamides is 1. The molecule has 2 rings (SSSR count). The van der Waals surface area contributed by atoms with Crippen molar-refractivity contribution in [2.75, 3.05) is 97.4 Å².